The highest BCUT2D eigenvalue weighted by molar-refractivity contribution is 5.75. The van der Waals surface area contributed by atoms with Gasteiger partial charge in [0.15, 0.2) is 0 Å². The van der Waals surface area contributed by atoms with E-state index in [0.717, 1.165) is 12.0 Å². The lowest BCUT2D eigenvalue weighted by Gasteiger charge is -2.20. The average molecular weight is 235 g/mol. The quantitative estimate of drug-likeness (QED) is 0.852. The van der Waals surface area contributed by atoms with Crippen LogP contribution in [0.3, 0.4) is 0 Å². The van der Waals surface area contributed by atoms with Gasteiger partial charge in [0.1, 0.15) is 6.04 Å². The van der Waals surface area contributed by atoms with Crippen molar-refractivity contribution >= 4 is 5.97 Å². The van der Waals surface area contributed by atoms with E-state index in [1.165, 1.54) is 5.56 Å². The van der Waals surface area contributed by atoms with Crippen molar-refractivity contribution in [3.63, 3.8) is 0 Å². The van der Waals surface area contributed by atoms with Crippen LogP contribution in [0, 0.1) is 5.92 Å². The highest BCUT2D eigenvalue weighted by atomic mass is 16.4. The second kappa shape index (κ2) is 5.82. The van der Waals surface area contributed by atoms with Crippen LogP contribution in [0.2, 0.25) is 0 Å². The summed E-state index contributed by atoms with van der Waals surface area (Å²) in [4.78, 5) is 12.9. The number of benzene rings is 1. The summed E-state index contributed by atoms with van der Waals surface area (Å²) in [7, 11) is 3.56. The van der Waals surface area contributed by atoms with Crippen LogP contribution in [0.15, 0.2) is 24.3 Å². The van der Waals surface area contributed by atoms with Gasteiger partial charge in [-0.1, -0.05) is 38.1 Å². The van der Waals surface area contributed by atoms with Crippen LogP contribution in [0.4, 0.5) is 0 Å². The molecule has 1 rings (SSSR count). The van der Waals surface area contributed by atoms with E-state index in [2.05, 4.69) is 13.8 Å². The molecule has 0 aliphatic heterocycles. The maximum atomic E-state index is 11.2. The number of carboxylic acid groups (broad SMARTS) is 1. The maximum absolute atomic E-state index is 11.2. The van der Waals surface area contributed by atoms with E-state index < -0.39 is 12.0 Å². The zero-order valence-corrected chi connectivity index (χ0v) is 11.0. The van der Waals surface area contributed by atoms with E-state index >= 15 is 0 Å². The Labute approximate surface area is 103 Å². The van der Waals surface area contributed by atoms with E-state index in [4.69, 9.17) is 0 Å². The zero-order valence-electron chi connectivity index (χ0n) is 11.0. The molecule has 0 aliphatic rings. The maximum Gasteiger partial charge on any atom is 0.325 e. The largest absolute Gasteiger partial charge is 0.480 e. The van der Waals surface area contributed by atoms with Crippen LogP contribution in [-0.4, -0.2) is 30.1 Å². The summed E-state index contributed by atoms with van der Waals surface area (Å²) in [6.45, 7) is 4.35. The molecule has 3 heteroatoms. The third kappa shape index (κ3) is 3.86. The van der Waals surface area contributed by atoms with Crippen molar-refractivity contribution < 1.29 is 9.90 Å². The van der Waals surface area contributed by atoms with Crippen molar-refractivity contribution in [3.8, 4) is 0 Å². The van der Waals surface area contributed by atoms with Crippen molar-refractivity contribution in [2.45, 2.75) is 26.3 Å². The smallest absolute Gasteiger partial charge is 0.325 e. The van der Waals surface area contributed by atoms with E-state index in [9.17, 15) is 9.90 Å². The summed E-state index contributed by atoms with van der Waals surface area (Å²) < 4.78 is 0. The van der Waals surface area contributed by atoms with Gasteiger partial charge in [-0.25, -0.2) is 0 Å². The normalized spacial score (nSPS) is 13.1. The summed E-state index contributed by atoms with van der Waals surface area (Å²) in [6.07, 6.45) is 1.03. The fraction of sp³-hybridized carbons (Fsp3) is 0.500. The lowest BCUT2D eigenvalue weighted by molar-refractivity contribution is -0.142. The molecule has 0 saturated carbocycles. The van der Waals surface area contributed by atoms with Crippen molar-refractivity contribution in [1.29, 1.82) is 0 Å². The minimum Gasteiger partial charge on any atom is -0.480 e. The van der Waals surface area contributed by atoms with Gasteiger partial charge >= 0.3 is 5.97 Å². The number of hydrogen-bond acceptors (Lipinski definition) is 2. The Kier molecular flexibility index (Phi) is 4.70. The summed E-state index contributed by atoms with van der Waals surface area (Å²) in [5.74, 6) is -0.198. The van der Waals surface area contributed by atoms with Crippen LogP contribution in [0.5, 0.6) is 0 Å². The molecule has 17 heavy (non-hydrogen) atoms. The molecule has 1 atom stereocenters. The van der Waals surface area contributed by atoms with Crippen molar-refractivity contribution in [2.24, 2.45) is 5.92 Å². The lowest BCUT2D eigenvalue weighted by atomic mass is 9.99. The first kappa shape index (κ1) is 13.7. The second-order valence-corrected chi connectivity index (χ2v) is 5.04. The van der Waals surface area contributed by atoms with Gasteiger partial charge in [-0.2, -0.15) is 0 Å². The molecule has 0 amide bonds. The molecule has 0 saturated heterocycles. The predicted molar refractivity (Wildman–Crippen MR) is 69.0 cm³/mol. The Bertz CT molecular complexity index is 368. The lowest BCUT2D eigenvalue weighted by Crippen LogP contribution is -2.27. The van der Waals surface area contributed by atoms with Gasteiger partial charge in [0.05, 0.1) is 0 Å². The van der Waals surface area contributed by atoms with Crippen molar-refractivity contribution in [3.05, 3.63) is 35.4 Å². The van der Waals surface area contributed by atoms with E-state index in [-0.39, 0.29) is 0 Å². The van der Waals surface area contributed by atoms with Gasteiger partial charge in [-0.05, 0) is 37.6 Å². The van der Waals surface area contributed by atoms with Gasteiger partial charge in [0.25, 0.3) is 0 Å². The molecule has 94 valence electrons. The Morgan fingerprint density at radius 3 is 2.12 bits per heavy atom. The zero-order chi connectivity index (χ0) is 13.0. The number of carboxylic acids is 1. The molecule has 1 unspecified atom stereocenters. The Morgan fingerprint density at radius 2 is 1.76 bits per heavy atom. The Hall–Kier alpha value is -1.35. The third-order valence-electron chi connectivity index (χ3n) is 2.69. The van der Waals surface area contributed by atoms with E-state index in [1.807, 2.05) is 24.3 Å². The fourth-order valence-electron chi connectivity index (χ4n) is 1.97. The van der Waals surface area contributed by atoms with Gasteiger partial charge in [-0.15, -0.1) is 0 Å². The highest BCUT2D eigenvalue weighted by Crippen LogP contribution is 2.19. The molecule has 3 nitrogen and oxygen atoms in total. The highest BCUT2D eigenvalue weighted by Gasteiger charge is 2.21. The van der Waals surface area contributed by atoms with Crippen molar-refractivity contribution in [1.82, 2.24) is 4.90 Å². The Morgan fingerprint density at radius 1 is 1.24 bits per heavy atom. The molecule has 0 bridgehead atoms. The fourth-order valence-corrected chi connectivity index (χ4v) is 1.97. The summed E-state index contributed by atoms with van der Waals surface area (Å²) in [6, 6.07) is 7.30. The van der Waals surface area contributed by atoms with E-state index in [1.54, 1.807) is 19.0 Å². The second-order valence-electron chi connectivity index (χ2n) is 5.04. The molecule has 0 aliphatic carbocycles. The van der Waals surface area contributed by atoms with Crippen molar-refractivity contribution in [2.75, 3.05) is 14.1 Å². The van der Waals surface area contributed by atoms with Gasteiger partial charge in [0.2, 0.25) is 0 Å². The molecule has 0 spiro atoms. The standard InChI is InChI=1S/C14H21NO2/c1-10(2)9-11-5-7-12(8-6-11)13(14(16)17)15(3)4/h5-8,10,13H,9H2,1-4H3,(H,16,17). The van der Waals surface area contributed by atoms with Crippen LogP contribution in [0.1, 0.15) is 31.0 Å². The number of hydrogen-bond donors (Lipinski definition) is 1. The van der Waals surface area contributed by atoms with Crippen LogP contribution < -0.4 is 0 Å². The molecule has 0 aromatic heterocycles. The number of carbonyl (C=O) groups is 1. The first-order chi connectivity index (χ1) is 7.91. The Balaban J connectivity index is 2.88. The molecule has 1 N–H and O–H groups in total. The number of aliphatic carboxylic acids is 1. The summed E-state index contributed by atoms with van der Waals surface area (Å²) in [5, 5.41) is 9.17. The van der Waals surface area contributed by atoms with Gasteiger partial charge < -0.3 is 5.11 Å². The molecular weight excluding hydrogens is 214 g/mol. The number of rotatable bonds is 5. The molecule has 0 fully saturated rings. The molecule has 1 aromatic carbocycles. The first-order valence-corrected chi connectivity index (χ1v) is 5.90. The van der Waals surface area contributed by atoms with Crippen LogP contribution in [0.25, 0.3) is 0 Å². The minimum atomic E-state index is -0.813. The van der Waals surface area contributed by atoms with Gasteiger partial charge in [0, 0.05) is 0 Å². The van der Waals surface area contributed by atoms with E-state index in [0.29, 0.717) is 5.92 Å². The van der Waals surface area contributed by atoms with Crippen LogP contribution in [-0.2, 0) is 11.2 Å². The summed E-state index contributed by atoms with van der Waals surface area (Å²) in [5.41, 5.74) is 2.08. The monoisotopic (exact) mass is 235 g/mol. The number of nitrogens with zero attached hydrogens (tertiary/aromatic N) is 1. The van der Waals surface area contributed by atoms with Gasteiger partial charge in [-0.3, -0.25) is 9.69 Å². The topological polar surface area (TPSA) is 40.5 Å². The minimum absolute atomic E-state index is 0.567. The number of likely N-dealkylation sites (N-methyl/N-ethyl adjacent to an activating group) is 1. The first-order valence-electron chi connectivity index (χ1n) is 5.90. The predicted octanol–water partition coefficient (Wildman–Crippen LogP) is 2.57. The molecule has 1 aromatic rings. The van der Waals surface area contributed by atoms with Crippen LogP contribution >= 0.6 is 0 Å². The molecular formula is C14H21NO2. The third-order valence-corrected chi connectivity index (χ3v) is 2.69. The SMILES string of the molecule is CC(C)Cc1ccc(C(C(=O)O)N(C)C)cc1. The summed E-state index contributed by atoms with van der Waals surface area (Å²) >= 11 is 0. The molecule has 0 radical (unpaired) electrons. The molecule has 0 heterocycles. The average Bonchev–Trinajstić information content (AvgIpc) is 2.18.